The summed E-state index contributed by atoms with van der Waals surface area (Å²) >= 11 is 0. The van der Waals surface area contributed by atoms with Gasteiger partial charge in [-0.15, -0.1) is 0 Å². The van der Waals surface area contributed by atoms with Crippen molar-refractivity contribution in [1.29, 1.82) is 0 Å². The van der Waals surface area contributed by atoms with Crippen LogP contribution in [-0.4, -0.2) is 37.5 Å². The number of aliphatic hydroxyl groups excluding tert-OH is 1. The van der Waals surface area contributed by atoms with Crippen molar-refractivity contribution in [2.45, 2.75) is 20.0 Å². The predicted octanol–water partition coefficient (Wildman–Crippen LogP) is 4.63. The Bertz CT molecular complexity index is 822. The summed E-state index contributed by atoms with van der Waals surface area (Å²) < 4.78 is 6.74. The zero-order chi connectivity index (χ0) is 18.4. The molecule has 0 amide bonds. The quantitative estimate of drug-likeness (QED) is 0.600. The Hall–Kier alpha value is -2.36. The molecule has 0 saturated carbocycles. The number of aliphatic hydroxyl groups is 1. The van der Waals surface area contributed by atoms with Gasteiger partial charge in [-0.1, -0.05) is 54.6 Å². The molecule has 0 bridgehead atoms. The van der Waals surface area contributed by atoms with Crippen molar-refractivity contribution in [3.05, 3.63) is 72.8 Å². The molecule has 0 spiro atoms. The molecule has 26 heavy (non-hydrogen) atoms. The molecule has 0 fully saturated rings. The minimum Gasteiger partial charge on any atom is -0.490 e. The molecular formula is C23H28NO2+. The topological polar surface area (TPSA) is 29.5 Å². The SMILES string of the molecule is CC[N+](CC)(CC(O)COc1cccc2ccccc12)c1ccccc1. The van der Waals surface area contributed by atoms with E-state index in [1.807, 2.05) is 30.3 Å². The van der Waals surface area contributed by atoms with Gasteiger partial charge in [0, 0.05) is 5.39 Å². The first-order valence-corrected chi connectivity index (χ1v) is 9.39. The van der Waals surface area contributed by atoms with E-state index in [2.05, 4.69) is 56.3 Å². The van der Waals surface area contributed by atoms with E-state index in [0.29, 0.717) is 13.2 Å². The first-order valence-electron chi connectivity index (χ1n) is 9.39. The number of fused-ring (bicyclic) bond motifs is 1. The lowest BCUT2D eigenvalue weighted by atomic mass is 10.1. The Balaban J connectivity index is 1.72. The highest BCUT2D eigenvalue weighted by Crippen LogP contribution is 2.26. The number of benzene rings is 3. The number of ether oxygens (including phenoxy) is 1. The van der Waals surface area contributed by atoms with Crippen LogP contribution in [0.15, 0.2) is 72.8 Å². The van der Waals surface area contributed by atoms with Gasteiger partial charge >= 0.3 is 0 Å². The molecule has 3 aromatic carbocycles. The second kappa shape index (κ2) is 8.35. The van der Waals surface area contributed by atoms with Crippen LogP contribution in [0.2, 0.25) is 0 Å². The Kier molecular flexibility index (Phi) is 5.92. The van der Waals surface area contributed by atoms with Gasteiger partial charge in [0.25, 0.3) is 0 Å². The summed E-state index contributed by atoms with van der Waals surface area (Å²) in [4.78, 5) is 0. The minimum absolute atomic E-state index is 0.293. The summed E-state index contributed by atoms with van der Waals surface area (Å²) in [5.74, 6) is 0.827. The zero-order valence-electron chi connectivity index (χ0n) is 15.6. The van der Waals surface area contributed by atoms with Crippen LogP contribution in [0.1, 0.15) is 13.8 Å². The van der Waals surface area contributed by atoms with Crippen LogP contribution < -0.4 is 9.22 Å². The molecule has 3 nitrogen and oxygen atoms in total. The van der Waals surface area contributed by atoms with Gasteiger partial charge in [0.2, 0.25) is 0 Å². The Morgan fingerprint density at radius 3 is 2.23 bits per heavy atom. The maximum absolute atomic E-state index is 10.7. The molecule has 3 rings (SSSR count). The van der Waals surface area contributed by atoms with E-state index < -0.39 is 6.10 Å². The average molecular weight is 350 g/mol. The van der Waals surface area contributed by atoms with E-state index in [4.69, 9.17) is 4.74 Å². The Morgan fingerprint density at radius 2 is 1.50 bits per heavy atom. The van der Waals surface area contributed by atoms with E-state index >= 15 is 0 Å². The molecule has 3 aromatic rings. The molecule has 1 atom stereocenters. The highest BCUT2D eigenvalue weighted by Gasteiger charge is 2.29. The van der Waals surface area contributed by atoms with E-state index in [1.165, 1.54) is 5.69 Å². The second-order valence-corrected chi connectivity index (χ2v) is 6.74. The third-order valence-corrected chi connectivity index (χ3v) is 5.26. The van der Waals surface area contributed by atoms with Crippen molar-refractivity contribution in [2.24, 2.45) is 0 Å². The fourth-order valence-electron chi connectivity index (χ4n) is 3.66. The molecule has 0 aliphatic carbocycles. The van der Waals surface area contributed by atoms with E-state index in [9.17, 15) is 5.11 Å². The smallest absolute Gasteiger partial charge is 0.137 e. The molecular weight excluding hydrogens is 322 g/mol. The normalized spacial score (nSPS) is 12.9. The van der Waals surface area contributed by atoms with Crippen LogP contribution in [0.5, 0.6) is 5.75 Å². The van der Waals surface area contributed by atoms with Gasteiger partial charge in [0.05, 0.1) is 13.1 Å². The molecule has 136 valence electrons. The van der Waals surface area contributed by atoms with E-state index in [-0.39, 0.29) is 0 Å². The maximum Gasteiger partial charge on any atom is 0.137 e. The van der Waals surface area contributed by atoms with Crippen LogP contribution in [-0.2, 0) is 0 Å². The van der Waals surface area contributed by atoms with Gasteiger partial charge in [-0.05, 0) is 37.4 Å². The third kappa shape index (κ3) is 3.90. The molecule has 0 aliphatic heterocycles. The highest BCUT2D eigenvalue weighted by molar-refractivity contribution is 5.88. The summed E-state index contributed by atoms with van der Waals surface area (Å²) in [7, 11) is 0. The summed E-state index contributed by atoms with van der Waals surface area (Å²) in [5, 5.41) is 12.9. The van der Waals surface area contributed by atoms with Gasteiger partial charge in [-0.3, -0.25) is 4.48 Å². The molecule has 0 heterocycles. The van der Waals surface area contributed by atoms with Gasteiger partial charge in [-0.2, -0.15) is 0 Å². The summed E-state index contributed by atoms with van der Waals surface area (Å²) in [6, 6.07) is 24.6. The van der Waals surface area contributed by atoms with Crippen LogP contribution in [0.25, 0.3) is 10.8 Å². The first kappa shape index (κ1) is 18.4. The van der Waals surface area contributed by atoms with E-state index in [0.717, 1.165) is 34.1 Å². The Labute approximate surface area is 156 Å². The molecule has 0 aromatic heterocycles. The lowest BCUT2D eigenvalue weighted by Gasteiger charge is -2.37. The van der Waals surface area contributed by atoms with E-state index in [1.54, 1.807) is 0 Å². The first-order chi connectivity index (χ1) is 12.7. The second-order valence-electron chi connectivity index (χ2n) is 6.74. The highest BCUT2D eigenvalue weighted by atomic mass is 16.5. The monoisotopic (exact) mass is 350 g/mol. The van der Waals surface area contributed by atoms with Gasteiger partial charge < -0.3 is 9.84 Å². The average Bonchev–Trinajstić information content (AvgIpc) is 2.71. The van der Waals surface area contributed by atoms with Crippen molar-refractivity contribution in [1.82, 2.24) is 4.48 Å². The molecule has 0 radical (unpaired) electrons. The molecule has 1 unspecified atom stereocenters. The number of rotatable bonds is 8. The summed E-state index contributed by atoms with van der Waals surface area (Å²) in [6.07, 6.45) is -0.533. The van der Waals surface area contributed by atoms with Crippen LogP contribution in [0.3, 0.4) is 0 Å². The van der Waals surface area contributed by atoms with Crippen molar-refractivity contribution in [3.63, 3.8) is 0 Å². The number of hydrogen-bond donors (Lipinski definition) is 1. The molecule has 0 saturated heterocycles. The molecule has 1 N–H and O–H groups in total. The number of nitrogens with zero attached hydrogens (tertiary/aromatic N) is 1. The lowest BCUT2D eigenvalue weighted by molar-refractivity contribution is 0.0736. The van der Waals surface area contributed by atoms with Crippen molar-refractivity contribution >= 4 is 16.5 Å². The number of hydrogen-bond acceptors (Lipinski definition) is 2. The standard InChI is InChI=1S/C23H28NO2/c1-3-24(4-2,20-13-6-5-7-14-20)17-21(25)18-26-23-16-10-12-19-11-8-9-15-22(19)23/h5-16,21,25H,3-4,17-18H2,1-2H3/q+1. The number of likely N-dealkylation sites (N-methyl/N-ethyl adjacent to an activating group) is 1. The lowest BCUT2D eigenvalue weighted by Crippen LogP contribution is -2.54. The van der Waals surface area contributed by atoms with Crippen molar-refractivity contribution < 1.29 is 9.84 Å². The Morgan fingerprint density at radius 1 is 0.846 bits per heavy atom. The van der Waals surface area contributed by atoms with Crippen LogP contribution >= 0.6 is 0 Å². The summed E-state index contributed by atoms with van der Waals surface area (Å²) in [5.41, 5.74) is 1.24. The van der Waals surface area contributed by atoms with Gasteiger partial charge in [0.15, 0.2) is 0 Å². The van der Waals surface area contributed by atoms with Crippen LogP contribution in [0.4, 0.5) is 5.69 Å². The third-order valence-electron chi connectivity index (χ3n) is 5.26. The molecule has 0 aliphatic rings. The minimum atomic E-state index is -0.533. The van der Waals surface area contributed by atoms with Crippen molar-refractivity contribution in [2.75, 3.05) is 26.2 Å². The van der Waals surface area contributed by atoms with Crippen LogP contribution in [0, 0.1) is 0 Å². The molecule has 3 heteroatoms. The van der Waals surface area contributed by atoms with Gasteiger partial charge in [0.1, 0.15) is 30.7 Å². The van der Waals surface area contributed by atoms with Gasteiger partial charge in [-0.25, -0.2) is 0 Å². The summed E-state index contributed by atoms with van der Waals surface area (Å²) in [6.45, 7) is 7.16. The number of para-hydroxylation sites is 1. The van der Waals surface area contributed by atoms with Crippen molar-refractivity contribution in [3.8, 4) is 5.75 Å². The fraction of sp³-hybridized carbons (Fsp3) is 0.304. The zero-order valence-corrected chi connectivity index (χ0v) is 15.6. The largest absolute Gasteiger partial charge is 0.490 e. The predicted molar refractivity (Wildman–Crippen MR) is 110 cm³/mol. The maximum atomic E-state index is 10.7. The number of quaternary nitrogens is 1. The fourth-order valence-corrected chi connectivity index (χ4v) is 3.66.